The summed E-state index contributed by atoms with van der Waals surface area (Å²) in [7, 11) is 0. The Kier molecular flexibility index (Phi) is 4.48. The second-order valence-corrected chi connectivity index (χ2v) is 6.46. The minimum Gasteiger partial charge on any atom is -0.396 e. The van der Waals surface area contributed by atoms with Crippen LogP contribution in [0.25, 0.3) is 10.9 Å². The van der Waals surface area contributed by atoms with E-state index in [4.69, 9.17) is 5.11 Å². The molecule has 0 saturated heterocycles. The Bertz CT molecular complexity index is 654. The van der Waals surface area contributed by atoms with Gasteiger partial charge in [0.2, 0.25) is 5.91 Å². The van der Waals surface area contributed by atoms with Gasteiger partial charge in [-0.25, -0.2) is 0 Å². The van der Waals surface area contributed by atoms with Crippen LogP contribution in [0.15, 0.2) is 24.4 Å². The standard InChI is InChI=1S/C18H24N2O2/c1-12-3-2-4-16-14(10-19-18(12)16)9-17(22)20-15-7-5-13(11-21)6-8-15/h2-4,10,13,15,19,21H,5-9,11H2,1H3,(H,20,22). The molecule has 22 heavy (non-hydrogen) atoms. The van der Waals surface area contributed by atoms with E-state index in [1.165, 1.54) is 5.56 Å². The average Bonchev–Trinajstić information content (AvgIpc) is 2.92. The predicted molar refractivity (Wildman–Crippen MR) is 87.7 cm³/mol. The molecule has 2 aromatic rings. The molecule has 4 nitrogen and oxygen atoms in total. The Morgan fingerprint density at radius 1 is 1.32 bits per heavy atom. The number of aryl methyl sites for hydroxylation is 1. The Balaban J connectivity index is 1.61. The van der Waals surface area contributed by atoms with Crippen molar-refractivity contribution in [3.05, 3.63) is 35.5 Å². The van der Waals surface area contributed by atoms with Crippen molar-refractivity contribution in [1.29, 1.82) is 0 Å². The predicted octanol–water partition coefficient (Wildman–Crippen LogP) is 2.69. The molecule has 0 radical (unpaired) electrons. The van der Waals surface area contributed by atoms with Crippen molar-refractivity contribution in [3.8, 4) is 0 Å². The molecule has 1 saturated carbocycles. The summed E-state index contributed by atoms with van der Waals surface area (Å²) in [6.45, 7) is 2.34. The molecule has 0 unspecified atom stereocenters. The van der Waals surface area contributed by atoms with Crippen LogP contribution < -0.4 is 5.32 Å². The smallest absolute Gasteiger partial charge is 0.224 e. The highest BCUT2D eigenvalue weighted by Crippen LogP contribution is 2.24. The zero-order chi connectivity index (χ0) is 15.5. The third kappa shape index (κ3) is 3.17. The lowest BCUT2D eigenvalue weighted by Gasteiger charge is -2.27. The van der Waals surface area contributed by atoms with Crippen LogP contribution in [-0.2, 0) is 11.2 Å². The van der Waals surface area contributed by atoms with E-state index in [-0.39, 0.29) is 18.6 Å². The fraction of sp³-hybridized carbons (Fsp3) is 0.500. The number of aromatic amines is 1. The van der Waals surface area contributed by atoms with Crippen LogP contribution in [0.4, 0.5) is 0 Å². The Morgan fingerprint density at radius 2 is 2.09 bits per heavy atom. The molecule has 118 valence electrons. The average molecular weight is 300 g/mol. The number of amides is 1. The van der Waals surface area contributed by atoms with Gasteiger partial charge in [0.1, 0.15) is 0 Å². The van der Waals surface area contributed by atoms with Gasteiger partial charge in [-0.3, -0.25) is 4.79 Å². The molecule has 1 aliphatic carbocycles. The lowest BCUT2D eigenvalue weighted by atomic mass is 9.86. The van der Waals surface area contributed by atoms with E-state index in [9.17, 15) is 4.79 Å². The van der Waals surface area contributed by atoms with E-state index in [1.807, 2.05) is 12.3 Å². The quantitative estimate of drug-likeness (QED) is 0.813. The van der Waals surface area contributed by atoms with Gasteiger partial charge in [-0.2, -0.15) is 0 Å². The van der Waals surface area contributed by atoms with Crippen molar-refractivity contribution in [3.63, 3.8) is 0 Å². The van der Waals surface area contributed by atoms with Gasteiger partial charge in [-0.05, 0) is 49.7 Å². The van der Waals surface area contributed by atoms with Crippen molar-refractivity contribution in [1.82, 2.24) is 10.3 Å². The molecule has 0 bridgehead atoms. The van der Waals surface area contributed by atoms with Gasteiger partial charge in [0.25, 0.3) is 0 Å². The molecule has 1 fully saturated rings. The van der Waals surface area contributed by atoms with Crippen molar-refractivity contribution < 1.29 is 9.90 Å². The lowest BCUT2D eigenvalue weighted by molar-refractivity contribution is -0.121. The van der Waals surface area contributed by atoms with Crippen LogP contribution in [0.5, 0.6) is 0 Å². The van der Waals surface area contributed by atoms with E-state index in [2.05, 4.69) is 29.4 Å². The second kappa shape index (κ2) is 6.53. The maximum Gasteiger partial charge on any atom is 0.224 e. The molecule has 1 aromatic heterocycles. The van der Waals surface area contributed by atoms with Crippen molar-refractivity contribution >= 4 is 16.8 Å². The summed E-state index contributed by atoms with van der Waals surface area (Å²) in [4.78, 5) is 15.6. The van der Waals surface area contributed by atoms with E-state index < -0.39 is 0 Å². The van der Waals surface area contributed by atoms with Crippen LogP contribution in [0.1, 0.15) is 36.8 Å². The highest BCUT2D eigenvalue weighted by Gasteiger charge is 2.22. The van der Waals surface area contributed by atoms with Crippen LogP contribution in [0, 0.1) is 12.8 Å². The number of benzene rings is 1. The molecule has 3 N–H and O–H groups in total. The third-order valence-corrected chi connectivity index (χ3v) is 4.83. The molecule has 1 amide bonds. The maximum absolute atomic E-state index is 12.3. The Labute approximate surface area is 130 Å². The number of aliphatic hydroxyl groups excluding tert-OH is 1. The number of carbonyl (C=O) groups is 1. The topological polar surface area (TPSA) is 65.1 Å². The number of fused-ring (bicyclic) bond motifs is 1. The number of aromatic nitrogens is 1. The first-order chi connectivity index (χ1) is 10.7. The number of aliphatic hydroxyl groups is 1. The molecule has 0 aliphatic heterocycles. The summed E-state index contributed by atoms with van der Waals surface area (Å²) >= 11 is 0. The lowest BCUT2D eigenvalue weighted by Crippen LogP contribution is -2.38. The van der Waals surface area contributed by atoms with Crippen LogP contribution in [0.2, 0.25) is 0 Å². The molecular weight excluding hydrogens is 276 g/mol. The number of carbonyl (C=O) groups excluding carboxylic acids is 1. The summed E-state index contributed by atoms with van der Waals surface area (Å²) in [5, 5.41) is 13.4. The molecule has 1 aliphatic rings. The zero-order valence-electron chi connectivity index (χ0n) is 13.1. The normalized spacial score (nSPS) is 21.9. The van der Waals surface area contributed by atoms with E-state index >= 15 is 0 Å². The monoisotopic (exact) mass is 300 g/mol. The Morgan fingerprint density at radius 3 is 2.82 bits per heavy atom. The minimum absolute atomic E-state index is 0.0925. The van der Waals surface area contributed by atoms with Crippen LogP contribution >= 0.6 is 0 Å². The van der Waals surface area contributed by atoms with Gasteiger partial charge in [-0.1, -0.05) is 18.2 Å². The number of para-hydroxylation sites is 1. The van der Waals surface area contributed by atoms with Gasteiger partial charge in [0, 0.05) is 29.7 Å². The number of rotatable bonds is 4. The van der Waals surface area contributed by atoms with Crippen molar-refractivity contribution in [2.24, 2.45) is 5.92 Å². The van der Waals surface area contributed by atoms with Crippen molar-refractivity contribution in [2.45, 2.75) is 45.1 Å². The van der Waals surface area contributed by atoms with E-state index in [1.54, 1.807) is 0 Å². The number of nitrogens with one attached hydrogen (secondary N) is 2. The molecule has 3 rings (SSSR count). The van der Waals surface area contributed by atoms with Crippen molar-refractivity contribution in [2.75, 3.05) is 6.61 Å². The second-order valence-electron chi connectivity index (χ2n) is 6.46. The van der Waals surface area contributed by atoms with Crippen LogP contribution in [-0.4, -0.2) is 28.6 Å². The molecular formula is C18H24N2O2. The first-order valence-electron chi connectivity index (χ1n) is 8.13. The maximum atomic E-state index is 12.3. The largest absolute Gasteiger partial charge is 0.396 e. The van der Waals surface area contributed by atoms with Gasteiger partial charge >= 0.3 is 0 Å². The minimum atomic E-state index is 0.0925. The van der Waals surface area contributed by atoms with Crippen LogP contribution in [0.3, 0.4) is 0 Å². The fourth-order valence-electron chi connectivity index (χ4n) is 3.45. The van der Waals surface area contributed by atoms with E-state index in [0.29, 0.717) is 12.3 Å². The van der Waals surface area contributed by atoms with Gasteiger partial charge < -0.3 is 15.4 Å². The summed E-state index contributed by atoms with van der Waals surface area (Å²) in [5.74, 6) is 0.514. The van der Waals surface area contributed by atoms with Gasteiger partial charge in [0.15, 0.2) is 0 Å². The van der Waals surface area contributed by atoms with Gasteiger partial charge in [-0.15, -0.1) is 0 Å². The first-order valence-corrected chi connectivity index (χ1v) is 8.13. The Hall–Kier alpha value is -1.81. The molecule has 1 aromatic carbocycles. The highest BCUT2D eigenvalue weighted by atomic mass is 16.3. The van der Waals surface area contributed by atoms with Gasteiger partial charge in [0.05, 0.1) is 6.42 Å². The SMILES string of the molecule is Cc1cccc2c(CC(=O)NC3CCC(CO)CC3)c[nH]c12. The third-order valence-electron chi connectivity index (χ3n) is 4.83. The number of hydrogen-bond acceptors (Lipinski definition) is 2. The summed E-state index contributed by atoms with van der Waals surface area (Å²) in [6.07, 6.45) is 6.33. The summed E-state index contributed by atoms with van der Waals surface area (Å²) in [5.41, 5.74) is 3.38. The summed E-state index contributed by atoms with van der Waals surface area (Å²) in [6, 6.07) is 6.43. The molecule has 4 heteroatoms. The molecule has 0 spiro atoms. The number of hydrogen-bond donors (Lipinski definition) is 3. The number of H-pyrrole nitrogens is 1. The fourth-order valence-corrected chi connectivity index (χ4v) is 3.45. The highest BCUT2D eigenvalue weighted by molar-refractivity contribution is 5.90. The first kappa shape index (κ1) is 15.1. The summed E-state index contributed by atoms with van der Waals surface area (Å²) < 4.78 is 0. The molecule has 0 atom stereocenters. The molecule has 1 heterocycles. The zero-order valence-corrected chi connectivity index (χ0v) is 13.1. The van der Waals surface area contributed by atoms with E-state index in [0.717, 1.165) is 42.1 Å².